The van der Waals surface area contributed by atoms with Gasteiger partial charge in [-0.05, 0) is 53.2 Å². The number of benzene rings is 5. The van der Waals surface area contributed by atoms with Crippen molar-refractivity contribution in [2.45, 2.75) is 0 Å². The largest absolute Gasteiger partial charge is 0.248 e. The summed E-state index contributed by atoms with van der Waals surface area (Å²) in [6.07, 6.45) is 0. The first-order valence-electron chi connectivity index (χ1n) is 13.5. The van der Waals surface area contributed by atoms with Crippen LogP contribution in [0.5, 0.6) is 0 Å². The van der Waals surface area contributed by atoms with Gasteiger partial charge in [-0.3, -0.25) is 0 Å². The van der Waals surface area contributed by atoms with E-state index in [1.54, 1.807) is 0 Å². The second-order valence-electron chi connectivity index (χ2n) is 10.1. The van der Waals surface area contributed by atoms with Gasteiger partial charge in [0.1, 0.15) is 0 Å². The van der Waals surface area contributed by atoms with Gasteiger partial charge in [0.2, 0.25) is 0 Å². The van der Waals surface area contributed by atoms with Crippen LogP contribution in [0.1, 0.15) is 0 Å². The third-order valence-corrected chi connectivity index (χ3v) is 7.61. The molecule has 0 aliphatic heterocycles. The Kier molecular flexibility index (Phi) is 5.14. The van der Waals surface area contributed by atoms with E-state index in [-0.39, 0.29) is 0 Å². The van der Waals surface area contributed by atoms with E-state index in [9.17, 15) is 0 Å². The van der Waals surface area contributed by atoms with Crippen molar-refractivity contribution in [2.24, 2.45) is 0 Å². The predicted octanol–water partition coefficient (Wildman–Crippen LogP) is 9.49. The molecule has 186 valence electrons. The summed E-state index contributed by atoms with van der Waals surface area (Å²) >= 11 is 0. The fourth-order valence-electron chi connectivity index (χ4n) is 5.58. The van der Waals surface area contributed by atoms with Crippen LogP contribution in [0.4, 0.5) is 0 Å². The van der Waals surface area contributed by atoms with Gasteiger partial charge in [0.05, 0.1) is 33.6 Å². The lowest BCUT2D eigenvalue weighted by atomic mass is 9.98. The molecule has 0 amide bonds. The van der Waals surface area contributed by atoms with Crippen molar-refractivity contribution in [3.05, 3.63) is 140 Å². The fraction of sp³-hybridized carbons (Fsp3) is 0. The molecule has 3 aromatic heterocycles. The molecule has 0 saturated heterocycles. The first-order valence-corrected chi connectivity index (χ1v) is 13.5. The van der Waals surface area contributed by atoms with E-state index in [1.165, 1.54) is 10.8 Å². The summed E-state index contributed by atoms with van der Waals surface area (Å²) in [5.74, 6) is 0. The minimum absolute atomic E-state index is 0.882. The first-order chi connectivity index (χ1) is 19.8. The molecule has 8 rings (SSSR count). The molecule has 3 heterocycles. The molecule has 0 aliphatic carbocycles. The van der Waals surface area contributed by atoms with Crippen molar-refractivity contribution >= 4 is 43.5 Å². The fourth-order valence-corrected chi connectivity index (χ4v) is 5.58. The standard InChI is InChI=1S/C37H23N3/c1-3-9-24(10-4-1)32-18-16-29-22-31(34-19-15-28-21-26-13-7-8-14-27(26)23-35(28)38-34)30-17-20-33(25-11-5-2-6-12-25)40-37(30)36(29)39-32/h1-23H. The Morgan fingerprint density at radius 3 is 1.65 bits per heavy atom. The summed E-state index contributed by atoms with van der Waals surface area (Å²) in [6.45, 7) is 0. The summed E-state index contributed by atoms with van der Waals surface area (Å²) < 4.78 is 0. The molecular weight excluding hydrogens is 486 g/mol. The Hall–Kier alpha value is -5.41. The van der Waals surface area contributed by atoms with Crippen molar-refractivity contribution in [1.29, 1.82) is 0 Å². The van der Waals surface area contributed by atoms with Crippen molar-refractivity contribution in [3.8, 4) is 33.8 Å². The van der Waals surface area contributed by atoms with Gasteiger partial charge in [0.25, 0.3) is 0 Å². The van der Waals surface area contributed by atoms with Crippen LogP contribution < -0.4 is 0 Å². The molecule has 0 bridgehead atoms. The summed E-state index contributed by atoms with van der Waals surface area (Å²) in [5, 5.41) is 5.62. The summed E-state index contributed by atoms with van der Waals surface area (Å²) in [5.41, 5.74) is 8.77. The Morgan fingerprint density at radius 2 is 0.925 bits per heavy atom. The molecule has 3 heteroatoms. The molecule has 0 aliphatic rings. The van der Waals surface area contributed by atoms with Crippen LogP contribution in [0.2, 0.25) is 0 Å². The second kappa shape index (κ2) is 9.11. The van der Waals surface area contributed by atoms with Crippen molar-refractivity contribution in [3.63, 3.8) is 0 Å². The van der Waals surface area contributed by atoms with E-state index < -0.39 is 0 Å². The van der Waals surface area contributed by atoms with Crippen LogP contribution in [-0.2, 0) is 0 Å². The molecule has 0 unspecified atom stereocenters. The van der Waals surface area contributed by atoms with Crippen LogP contribution in [0.15, 0.2) is 140 Å². The normalized spacial score (nSPS) is 11.5. The highest BCUT2D eigenvalue weighted by Crippen LogP contribution is 2.36. The molecule has 0 radical (unpaired) electrons. The van der Waals surface area contributed by atoms with E-state index in [0.717, 1.165) is 66.5 Å². The number of rotatable bonds is 3. The average Bonchev–Trinajstić information content (AvgIpc) is 3.03. The van der Waals surface area contributed by atoms with Gasteiger partial charge in [0, 0.05) is 32.8 Å². The monoisotopic (exact) mass is 509 g/mol. The maximum absolute atomic E-state index is 5.21. The maximum Gasteiger partial charge on any atom is 0.0979 e. The van der Waals surface area contributed by atoms with Crippen LogP contribution in [0, 0.1) is 0 Å². The van der Waals surface area contributed by atoms with Gasteiger partial charge >= 0.3 is 0 Å². The Morgan fingerprint density at radius 1 is 0.350 bits per heavy atom. The molecule has 0 saturated carbocycles. The molecule has 0 atom stereocenters. The SMILES string of the molecule is c1ccc(-c2ccc3cc(-c4ccc5cc6ccccc6cc5n4)c4ccc(-c5ccccc5)nc4c3n2)cc1. The van der Waals surface area contributed by atoms with Gasteiger partial charge in [-0.15, -0.1) is 0 Å². The van der Waals surface area contributed by atoms with Crippen LogP contribution >= 0.6 is 0 Å². The molecule has 8 aromatic rings. The zero-order valence-corrected chi connectivity index (χ0v) is 21.6. The van der Waals surface area contributed by atoms with Crippen molar-refractivity contribution in [1.82, 2.24) is 15.0 Å². The van der Waals surface area contributed by atoms with Crippen molar-refractivity contribution < 1.29 is 0 Å². The van der Waals surface area contributed by atoms with Crippen LogP contribution in [0.25, 0.3) is 77.3 Å². The quantitative estimate of drug-likeness (QED) is 0.176. The average molecular weight is 510 g/mol. The molecule has 0 fully saturated rings. The third-order valence-electron chi connectivity index (χ3n) is 7.61. The number of hydrogen-bond donors (Lipinski definition) is 0. The number of nitrogens with zero attached hydrogens (tertiary/aromatic N) is 3. The Labute approximate surface area is 231 Å². The van der Waals surface area contributed by atoms with Gasteiger partial charge in [0.15, 0.2) is 0 Å². The third kappa shape index (κ3) is 3.79. The Balaban J connectivity index is 1.39. The lowest BCUT2D eigenvalue weighted by molar-refractivity contribution is 1.36. The van der Waals surface area contributed by atoms with E-state index in [2.05, 4.69) is 103 Å². The summed E-state index contributed by atoms with van der Waals surface area (Å²) in [6, 6.07) is 48.4. The molecule has 0 N–H and O–H groups in total. The summed E-state index contributed by atoms with van der Waals surface area (Å²) in [7, 11) is 0. The Bertz CT molecular complexity index is 2200. The first kappa shape index (κ1) is 22.6. The van der Waals surface area contributed by atoms with Crippen LogP contribution in [0.3, 0.4) is 0 Å². The lowest BCUT2D eigenvalue weighted by Gasteiger charge is -2.13. The van der Waals surface area contributed by atoms with Gasteiger partial charge in [-0.2, -0.15) is 0 Å². The molecular formula is C37H23N3. The zero-order valence-electron chi connectivity index (χ0n) is 21.6. The highest BCUT2D eigenvalue weighted by atomic mass is 14.8. The molecule has 0 spiro atoms. The van der Waals surface area contributed by atoms with Gasteiger partial charge < -0.3 is 0 Å². The molecule has 40 heavy (non-hydrogen) atoms. The minimum Gasteiger partial charge on any atom is -0.248 e. The van der Waals surface area contributed by atoms with E-state index in [4.69, 9.17) is 15.0 Å². The number of aromatic nitrogens is 3. The smallest absolute Gasteiger partial charge is 0.0979 e. The molecule has 3 nitrogen and oxygen atoms in total. The summed E-state index contributed by atoms with van der Waals surface area (Å²) in [4.78, 5) is 15.5. The van der Waals surface area contributed by atoms with E-state index in [0.29, 0.717) is 0 Å². The van der Waals surface area contributed by atoms with E-state index >= 15 is 0 Å². The number of hydrogen-bond acceptors (Lipinski definition) is 3. The topological polar surface area (TPSA) is 38.7 Å². The highest BCUT2D eigenvalue weighted by Gasteiger charge is 2.15. The van der Waals surface area contributed by atoms with Crippen LogP contribution in [-0.4, -0.2) is 15.0 Å². The predicted molar refractivity (Wildman–Crippen MR) is 166 cm³/mol. The maximum atomic E-state index is 5.21. The van der Waals surface area contributed by atoms with Gasteiger partial charge in [-0.25, -0.2) is 15.0 Å². The zero-order chi connectivity index (χ0) is 26.5. The minimum atomic E-state index is 0.882. The number of pyridine rings is 3. The van der Waals surface area contributed by atoms with E-state index in [1.807, 2.05) is 36.4 Å². The van der Waals surface area contributed by atoms with Crippen molar-refractivity contribution in [2.75, 3.05) is 0 Å². The number of fused-ring (bicyclic) bond motifs is 5. The highest BCUT2D eigenvalue weighted by molar-refractivity contribution is 6.11. The molecule has 5 aromatic carbocycles. The lowest BCUT2D eigenvalue weighted by Crippen LogP contribution is -1.94. The van der Waals surface area contributed by atoms with Gasteiger partial charge in [-0.1, -0.05) is 97.1 Å². The second-order valence-corrected chi connectivity index (χ2v) is 10.1.